The average molecular weight is 304 g/mol. The summed E-state index contributed by atoms with van der Waals surface area (Å²) in [4.78, 5) is 23.3. The summed E-state index contributed by atoms with van der Waals surface area (Å²) in [6.45, 7) is 5.52. The van der Waals surface area contributed by atoms with Gasteiger partial charge in [-0.05, 0) is 32.8 Å². The summed E-state index contributed by atoms with van der Waals surface area (Å²) in [5.41, 5.74) is -0.820. The number of aromatic nitrogens is 2. The molecule has 1 saturated carbocycles. The number of hydrogen-bond donors (Lipinski definition) is 1. The van der Waals surface area contributed by atoms with Crippen molar-refractivity contribution in [1.82, 2.24) is 15.3 Å². The van der Waals surface area contributed by atoms with Crippen molar-refractivity contribution < 1.29 is 9.53 Å². The third-order valence-electron chi connectivity index (χ3n) is 4.53. The maximum atomic E-state index is 12.6. The molecule has 2 aliphatic rings. The standard InChI is InChI=1S/C16H24N4O2/c1-12-17-8-7-14(18-12)20-9-10-22-16(2,11-20)15(21)19-13-5-3-4-6-13/h7-8,13H,3-6,9-11H2,1-2H3,(H,19,21)/t16-/m1/s1. The van der Waals surface area contributed by atoms with Crippen LogP contribution >= 0.6 is 0 Å². The summed E-state index contributed by atoms with van der Waals surface area (Å²) >= 11 is 0. The molecule has 6 nitrogen and oxygen atoms in total. The Morgan fingerprint density at radius 1 is 1.45 bits per heavy atom. The second-order valence-corrected chi connectivity index (χ2v) is 6.42. The molecule has 0 unspecified atom stereocenters. The minimum absolute atomic E-state index is 0.00474. The van der Waals surface area contributed by atoms with Crippen molar-refractivity contribution in [3.05, 3.63) is 18.1 Å². The highest BCUT2D eigenvalue weighted by molar-refractivity contribution is 5.86. The number of rotatable bonds is 3. The minimum Gasteiger partial charge on any atom is -0.362 e. The molecule has 3 rings (SSSR count). The van der Waals surface area contributed by atoms with Crippen LogP contribution in [0.3, 0.4) is 0 Å². The van der Waals surface area contributed by atoms with Crippen LogP contribution in [0, 0.1) is 6.92 Å². The first kappa shape index (κ1) is 15.2. The van der Waals surface area contributed by atoms with Crippen molar-refractivity contribution in [3.8, 4) is 0 Å². The molecule has 22 heavy (non-hydrogen) atoms. The van der Waals surface area contributed by atoms with E-state index in [1.165, 1.54) is 12.8 Å². The largest absolute Gasteiger partial charge is 0.362 e. The summed E-state index contributed by atoms with van der Waals surface area (Å²) in [5, 5.41) is 3.15. The van der Waals surface area contributed by atoms with Gasteiger partial charge in [0.05, 0.1) is 13.2 Å². The van der Waals surface area contributed by atoms with Crippen molar-refractivity contribution in [2.45, 2.75) is 51.2 Å². The first-order valence-corrected chi connectivity index (χ1v) is 8.06. The number of morpholine rings is 1. The van der Waals surface area contributed by atoms with E-state index in [1.54, 1.807) is 6.20 Å². The van der Waals surface area contributed by atoms with E-state index in [0.29, 0.717) is 19.2 Å². The molecule has 0 spiro atoms. The number of nitrogens with zero attached hydrogens (tertiary/aromatic N) is 3. The molecule has 1 saturated heterocycles. The van der Waals surface area contributed by atoms with Gasteiger partial charge in [0.25, 0.3) is 5.91 Å². The monoisotopic (exact) mass is 304 g/mol. The summed E-state index contributed by atoms with van der Waals surface area (Å²) in [5.74, 6) is 1.59. The molecule has 1 aliphatic heterocycles. The second kappa shape index (κ2) is 6.20. The van der Waals surface area contributed by atoms with Gasteiger partial charge in [-0.2, -0.15) is 0 Å². The lowest BCUT2D eigenvalue weighted by molar-refractivity contribution is -0.147. The molecule has 1 aromatic heterocycles. The van der Waals surface area contributed by atoms with Crippen molar-refractivity contribution >= 4 is 11.7 Å². The van der Waals surface area contributed by atoms with Gasteiger partial charge in [-0.25, -0.2) is 9.97 Å². The van der Waals surface area contributed by atoms with E-state index in [4.69, 9.17) is 4.74 Å². The Bertz CT molecular complexity index is 545. The first-order valence-electron chi connectivity index (χ1n) is 8.06. The lowest BCUT2D eigenvalue weighted by atomic mass is 10.0. The number of amides is 1. The number of hydrogen-bond acceptors (Lipinski definition) is 5. The predicted octanol–water partition coefficient (Wildman–Crippen LogP) is 1.44. The Labute approximate surface area is 131 Å². The lowest BCUT2D eigenvalue weighted by Gasteiger charge is -2.40. The highest BCUT2D eigenvalue weighted by Gasteiger charge is 2.40. The van der Waals surface area contributed by atoms with Gasteiger partial charge in [-0.15, -0.1) is 0 Å². The van der Waals surface area contributed by atoms with Crippen LogP contribution in [-0.4, -0.2) is 47.2 Å². The molecule has 2 heterocycles. The Hall–Kier alpha value is -1.69. The van der Waals surface area contributed by atoms with E-state index in [2.05, 4.69) is 20.2 Å². The van der Waals surface area contributed by atoms with Gasteiger partial charge in [-0.1, -0.05) is 12.8 Å². The summed E-state index contributed by atoms with van der Waals surface area (Å²) in [6, 6.07) is 2.19. The van der Waals surface area contributed by atoms with Crippen LogP contribution in [0.4, 0.5) is 5.82 Å². The molecule has 120 valence electrons. The van der Waals surface area contributed by atoms with Gasteiger partial charge in [0.15, 0.2) is 5.60 Å². The summed E-state index contributed by atoms with van der Waals surface area (Å²) in [7, 11) is 0. The highest BCUT2D eigenvalue weighted by atomic mass is 16.5. The lowest BCUT2D eigenvalue weighted by Crippen LogP contribution is -2.59. The van der Waals surface area contributed by atoms with Crippen LogP contribution in [0.1, 0.15) is 38.4 Å². The SMILES string of the molecule is Cc1nccc(N2CCO[C@@](C)(C(=O)NC3CCCC3)C2)n1. The van der Waals surface area contributed by atoms with Gasteiger partial charge in [-0.3, -0.25) is 4.79 Å². The highest BCUT2D eigenvalue weighted by Crippen LogP contribution is 2.24. The average Bonchev–Trinajstić information content (AvgIpc) is 3.00. The number of carbonyl (C=O) groups excluding carboxylic acids is 1. The van der Waals surface area contributed by atoms with E-state index < -0.39 is 5.60 Å². The van der Waals surface area contributed by atoms with Crippen molar-refractivity contribution in [3.63, 3.8) is 0 Å². The number of ether oxygens (including phenoxy) is 1. The molecular weight excluding hydrogens is 280 g/mol. The van der Waals surface area contributed by atoms with Crippen LogP contribution in [0.15, 0.2) is 12.3 Å². The van der Waals surface area contributed by atoms with Gasteiger partial charge in [0, 0.05) is 18.8 Å². The fourth-order valence-corrected chi connectivity index (χ4v) is 3.23. The van der Waals surface area contributed by atoms with E-state index in [1.807, 2.05) is 19.9 Å². The van der Waals surface area contributed by atoms with Gasteiger partial charge >= 0.3 is 0 Å². The normalized spacial score (nSPS) is 26.2. The number of nitrogens with one attached hydrogen (secondary N) is 1. The zero-order valence-electron chi connectivity index (χ0n) is 13.3. The quantitative estimate of drug-likeness (QED) is 0.915. The molecule has 0 aromatic carbocycles. The Kier molecular flexibility index (Phi) is 4.29. The Morgan fingerprint density at radius 2 is 2.23 bits per heavy atom. The van der Waals surface area contributed by atoms with E-state index in [9.17, 15) is 4.79 Å². The van der Waals surface area contributed by atoms with Crippen LogP contribution in [0.5, 0.6) is 0 Å². The number of carbonyl (C=O) groups is 1. The van der Waals surface area contributed by atoms with Crippen LogP contribution in [-0.2, 0) is 9.53 Å². The number of anilines is 1. The zero-order chi connectivity index (χ0) is 15.6. The minimum atomic E-state index is -0.820. The second-order valence-electron chi connectivity index (χ2n) is 6.42. The van der Waals surface area contributed by atoms with Crippen molar-refractivity contribution in [2.75, 3.05) is 24.6 Å². The van der Waals surface area contributed by atoms with Crippen molar-refractivity contribution in [2.24, 2.45) is 0 Å². The van der Waals surface area contributed by atoms with Gasteiger partial charge in [0.1, 0.15) is 11.6 Å². The van der Waals surface area contributed by atoms with Crippen LogP contribution in [0.2, 0.25) is 0 Å². The van der Waals surface area contributed by atoms with E-state index in [-0.39, 0.29) is 5.91 Å². The van der Waals surface area contributed by atoms with Crippen molar-refractivity contribution in [1.29, 1.82) is 0 Å². The predicted molar refractivity (Wildman–Crippen MR) is 83.7 cm³/mol. The Balaban J connectivity index is 1.69. The van der Waals surface area contributed by atoms with Crippen LogP contribution in [0.25, 0.3) is 0 Å². The zero-order valence-corrected chi connectivity index (χ0v) is 13.3. The number of aryl methyl sites for hydroxylation is 1. The molecule has 6 heteroatoms. The molecule has 0 bridgehead atoms. The molecule has 1 aliphatic carbocycles. The summed E-state index contributed by atoms with van der Waals surface area (Å²) < 4.78 is 5.82. The maximum Gasteiger partial charge on any atom is 0.254 e. The fourth-order valence-electron chi connectivity index (χ4n) is 3.23. The van der Waals surface area contributed by atoms with Gasteiger partial charge in [0.2, 0.25) is 0 Å². The maximum absolute atomic E-state index is 12.6. The molecule has 1 amide bonds. The molecule has 1 atom stereocenters. The topological polar surface area (TPSA) is 67.4 Å². The molecule has 1 N–H and O–H groups in total. The van der Waals surface area contributed by atoms with E-state index >= 15 is 0 Å². The van der Waals surface area contributed by atoms with Gasteiger partial charge < -0.3 is 15.0 Å². The molecular formula is C16H24N4O2. The Morgan fingerprint density at radius 3 is 2.95 bits per heavy atom. The third kappa shape index (κ3) is 3.21. The molecule has 1 aromatic rings. The summed E-state index contributed by atoms with van der Waals surface area (Å²) in [6.07, 6.45) is 6.32. The smallest absolute Gasteiger partial charge is 0.254 e. The van der Waals surface area contributed by atoms with E-state index in [0.717, 1.165) is 31.0 Å². The third-order valence-corrected chi connectivity index (χ3v) is 4.53. The first-order chi connectivity index (χ1) is 10.6. The fraction of sp³-hybridized carbons (Fsp3) is 0.688. The molecule has 2 fully saturated rings. The molecule has 0 radical (unpaired) electrons. The van der Waals surface area contributed by atoms with Crippen LogP contribution < -0.4 is 10.2 Å².